The average molecular weight is 435 g/mol. The smallest absolute Gasteiger partial charge is 0.407 e. The molecular weight excluding hydrogens is 410 g/mol. The van der Waals surface area contributed by atoms with E-state index in [4.69, 9.17) is 4.98 Å². The van der Waals surface area contributed by atoms with E-state index in [-0.39, 0.29) is 23.2 Å². The fourth-order valence-electron chi connectivity index (χ4n) is 4.72. The molecule has 0 bridgehead atoms. The molecule has 10 nitrogen and oxygen atoms in total. The Bertz CT molecular complexity index is 1380. The molecule has 32 heavy (non-hydrogen) atoms. The highest BCUT2D eigenvalue weighted by molar-refractivity contribution is 5.79. The summed E-state index contributed by atoms with van der Waals surface area (Å²) in [5.74, 6) is 0.488. The molecule has 4 aromatic heterocycles. The molecule has 0 spiro atoms. The summed E-state index contributed by atoms with van der Waals surface area (Å²) in [6, 6.07) is 5.38. The fraction of sp³-hybridized carbons (Fsp3) is 0.409. The Hall–Kier alpha value is -3.69. The SMILES string of the molecule is CC(C)(C)C1CC(n2c(=O)[nH]c3cnc(-c4cnn5ccccc45)nc32)CCN1C(=O)O. The second-order valence-electron chi connectivity index (χ2n) is 9.36. The van der Waals surface area contributed by atoms with E-state index >= 15 is 0 Å². The zero-order valence-electron chi connectivity index (χ0n) is 18.2. The van der Waals surface area contributed by atoms with Gasteiger partial charge in [-0.3, -0.25) is 4.57 Å². The highest BCUT2D eigenvalue weighted by Gasteiger charge is 2.40. The Balaban J connectivity index is 1.59. The molecular formula is C22H25N7O3. The van der Waals surface area contributed by atoms with Crippen LogP contribution >= 0.6 is 0 Å². The number of rotatable bonds is 2. The van der Waals surface area contributed by atoms with Gasteiger partial charge in [0.05, 0.1) is 23.5 Å². The summed E-state index contributed by atoms with van der Waals surface area (Å²) in [6.07, 6.45) is 5.35. The summed E-state index contributed by atoms with van der Waals surface area (Å²) >= 11 is 0. The summed E-state index contributed by atoms with van der Waals surface area (Å²) in [6.45, 7) is 6.45. The first-order valence-electron chi connectivity index (χ1n) is 10.6. The van der Waals surface area contributed by atoms with Gasteiger partial charge >= 0.3 is 11.8 Å². The zero-order chi connectivity index (χ0) is 22.6. The molecule has 2 atom stereocenters. The topological polar surface area (TPSA) is 121 Å². The van der Waals surface area contributed by atoms with Crippen LogP contribution in [0, 0.1) is 5.41 Å². The van der Waals surface area contributed by atoms with Gasteiger partial charge in [0.25, 0.3) is 0 Å². The van der Waals surface area contributed by atoms with Crippen LogP contribution in [0.3, 0.4) is 0 Å². The first kappa shape index (κ1) is 20.2. The zero-order valence-corrected chi connectivity index (χ0v) is 18.2. The van der Waals surface area contributed by atoms with Crippen molar-refractivity contribution in [2.75, 3.05) is 6.54 Å². The van der Waals surface area contributed by atoms with Crippen molar-refractivity contribution in [3.8, 4) is 11.4 Å². The molecule has 1 aliphatic rings. The van der Waals surface area contributed by atoms with E-state index in [1.807, 2.05) is 45.2 Å². The number of amides is 1. The quantitative estimate of drug-likeness (QED) is 0.499. The van der Waals surface area contributed by atoms with E-state index in [2.05, 4.69) is 15.1 Å². The van der Waals surface area contributed by atoms with Gasteiger partial charge in [-0.05, 0) is 30.4 Å². The highest BCUT2D eigenvalue weighted by atomic mass is 16.4. The average Bonchev–Trinajstić information content (AvgIpc) is 3.32. The summed E-state index contributed by atoms with van der Waals surface area (Å²) in [5.41, 5.74) is 2.22. The molecule has 5 heterocycles. The van der Waals surface area contributed by atoms with Crippen LogP contribution in [-0.4, -0.2) is 57.8 Å². The molecule has 0 radical (unpaired) electrons. The number of hydrogen-bond donors (Lipinski definition) is 2. The van der Waals surface area contributed by atoms with Gasteiger partial charge in [0.1, 0.15) is 5.52 Å². The maximum Gasteiger partial charge on any atom is 0.407 e. The number of fused-ring (bicyclic) bond motifs is 2. The Morgan fingerprint density at radius 3 is 2.81 bits per heavy atom. The van der Waals surface area contributed by atoms with Crippen LogP contribution in [0.4, 0.5) is 4.79 Å². The normalized spacial score (nSPS) is 19.7. The largest absolute Gasteiger partial charge is 0.465 e. The van der Waals surface area contributed by atoms with Crippen molar-refractivity contribution in [2.45, 2.75) is 45.7 Å². The first-order chi connectivity index (χ1) is 15.2. The number of hydrogen-bond acceptors (Lipinski definition) is 5. The van der Waals surface area contributed by atoms with Crippen molar-refractivity contribution in [2.24, 2.45) is 5.41 Å². The lowest BCUT2D eigenvalue weighted by Gasteiger charge is -2.44. The molecule has 0 aromatic carbocycles. The van der Waals surface area contributed by atoms with E-state index in [0.717, 1.165) is 11.1 Å². The van der Waals surface area contributed by atoms with Gasteiger partial charge < -0.3 is 15.0 Å². The molecule has 1 saturated heterocycles. The number of nitrogens with one attached hydrogen (secondary N) is 1. The van der Waals surface area contributed by atoms with Gasteiger partial charge in [0.2, 0.25) is 0 Å². The molecule has 2 N–H and O–H groups in total. The minimum atomic E-state index is -0.924. The highest BCUT2D eigenvalue weighted by Crippen LogP contribution is 2.37. The third-order valence-corrected chi connectivity index (χ3v) is 6.31. The van der Waals surface area contributed by atoms with Gasteiger partial charge in [0, 0.05) is 24.8 Å². The van der Waals surface area contributed by atoms with E-state index in [0.29, 0.717) is 36.4 Å². The molecule has 0 aliphatic carbocycles. The van der Waals surface area contributed by atoms with Crippen molar-refractivity contribution in [3.63, 3.8) is 0 Å². The summed E-state index contributed by atoms with van der Waals surface area (Å²) < 4.78 is 3.42. The molecule has 2 unspecified atom stereocenters. The number of aromatic nitrogens is 6. The van der Waals surface area contributed by atoms with Gasteiger partial charge in [-0.15, -0.1) is 0 Å². The third kappa shape index (κ3) is 3.22. The minimum Gasteiger partial charge on any atom is -0.465 e. The monoisotopic (exact) mass is 435 g/mol. The number of pyridine rings is 1. The van der Waals surface area contributed by atoms with Crippen LogP contribution in [0.15, 0.2) is 41.6 Å². The molecule has 5 rings (SSSR count). The number of carbonyl (C=O) groups is 1. The van der Waals surface area contributed by atoms with Gasteiger partial charge in [-0.25, -0.2) is 24.1 Å². The molecule has 1 amide bonds. The first-order valence-corrected chi connectivity index (χ1v) is 10.6. The van der Waals surface area contributed by atoms with E-state index in [1.165, 1.54) is 4.90 Å². The van der Waals surface area contributed by atoms with Crippen molar-refractivity contribution >= 4 is 22.8 Å². The van der Waals surface area contributed by atoms with Gasteiger partial charge in [-0.1, -0.05) is 26.8 Å². The second kappa shape index (κ2) is 7.18. The van der Waals surface area contributed by atoms with Crippen LogP contribution in [0.5, 0.6) is 0 Å². The number of likely N-dealkylation sites (tertiary alicyclic amines) is 1. The second-order valence-corrected chi connectivity index (χ2v) is 9.36. The third-order valence-electron chi connectivity index (χ3n) is 6.31. The Morgan fingerprint density at radius 2 is 2.06 bits per heavy atom. The van der Waals surface area contributed by atoms with E-state index < -0.39 is 6.09 Å². The lowest BCUT2D eigenvalue weighted by molar-refractivity contribution is 0.0429. The van der Waals surface area contributed by atoms with E-state index in [9.17, 15) is 14.7 Å². The number of H-pyrrole nitrogens is 1. The van der Waals surface area contributed by atoms with Gasteiger partial charge in [0.15, 0.2) is 11.5 Å². The molecule has 1 fully saturated rings. The van der Waals surface area contributed by atoms with Crippen LogP contribution in [0.25, 0.3) is 28.1 Å². The number of carboxylic acid groups (broad SMARTS) is 1. The molecule has 166 valence electrons. The maximum absolute atomic E-state index is 12.9. The van der Waals surface area contributed by atoms with Crippen LogP contribution in [0.1, 0.15) is 39.7 Å². The lowest BCUT2D eigenvalue weighted by Crippen LogP contribution is -2.52. The Kier molecular flexibility index (Phi) is 4.54. The Morgan fingerprint density at radius 1 is 1.25 bits per heavy atom. The summed E-state index contributed by atoms with van der Waals surface area (Å²) in [4.78, 5) is 38.2. The maximum atomic E-state index is 12.9. The Labute approximate surface area is 183 Å². The molecule has 10 heteroatoms. The number of piperidine rings is 1. The van der Waals surface area contributed by atoms with E-state index in [1.54, 1.807) is 21.5 Å². The standard InChI is InChI=1S/C22H25N7O3/c1-22(2,3)17-10-13(7-9-27(17)21(31)32)29-19-15(25-20(29)30)12-23-18(26-19)14-11-24-28-8-5-4-6-16(14)28/h4-6,8,11-13,17H,7,9-10H2,1-3H3,(H,25,30)(H,31,32). The molecule has 0 saturated carbocycles. The van der Waals surface area contributed by atoms with Gasteiger partial charge in [-0.2, -0.15) is 5.10 Å². The van der Waals surface area contributed by atoms with Crippen molar-refractivity contribution in [1.29, 1.82) is 0 Å². The van der Waals surface area contributed by atoms with Crippen molar-refractivity contribution in [1.82, 2.24) is 34.0 Å². The lowest BCUT2D eigenvalue weighted by atomic mass is 9.79. The van der Waals surface area contributed by atoms with Crippen LogP contribution in [0.2, 0.25) is 0 Å². The minimum absolute atomic E-state index is 0.164. The number of aromatic amines is 1. The predicted octanol–water partition coefficient (Wildman–Crippen LogP) is 3.16. The predicted molar refractivity (Wildman–Crippen MR) is 119 cm³/mol. The van der Waals surface area contributed by atoms with Crippen LogP contribution < -0.4 is 5.69 Å². The van der Waals surface area contributed by atoms with Crippen molar-refractivity contribution in [3.05, 3.63) is 47.3 Å². The molecule has 4 aromatic rings. The van der Waals surface area contributed by atoms with Crippen molar-refractivity contribution < 1.29 is 9.90 Å². The number of imidazole rings is 1. The summed E-state index contributed by atoms with van der Waals surface area (Å²) in [7, 11) is 0. The summed E-state index contributed by atoms with van der Waals surface area (Å²) in [5, 5.41) is 14.0. The van der Waals surface area contributed by atoms with Crippen LogP contribution in [-0.2, 0) is 0 Å². The fourth-order valence-corrected chi connectivity index (χ4v) is 4.72. The number of nitrogens with zero attached hydrogens (tertiary/aromatic N) is 6. The molecule has 1 aliphatic heterocycles.